The number of nitrogens with one attached hydrogen (secondary N) is 1. The Bertz CT molecular complexity index is 1510. The molecule has 0 radical (unpaired) electrons. The van der Waals surface area contributed by atoms with E-state index in [-0.39, 0.29) is 17.9 Å². The second kappa shape index (κ2) is 9.84. The molecule has 6 nitrogen and oxygen atoms in total. The van der Waals surface area contributed by atoms with Crippen molar-refractivity contribution in [2.75, 3.05) is 13.7 Å². The molecule has 2 heterocycles. The van der Waals surface area contributed by atoms with Crippen LogP contribution in [0.2, 0.25) is 5.02 Å². The lowest BCUT2D eigenvalue weighted by molar-refractivity contribution is -0.139. The number of aliphatic hydroxyl groups excluding tert-OH is 1. The lowest BCUT2D eigenvalue weighted by Crippen LogP contribution is -2.31. The third kappa shape index (κ3) is 4.40. The van der Waals surface area contributed by atoms with E-state index < -0.39 is 17.7 Å². The first-order valence-corrected chi connectivity index (χ1v) is 12.5. The van der Waals surface area contributed by atoms with Crippen LogP contribution in [0, 0.1) is 0 Å². The second-order valence-corrected chi connectivity index (χ2v) is 9.88. The van der Waals surface area contributed by atoms with Crippen molar-refractivity contribution in [1.82, 2.24) is 9.88 Å². The van der Waals surface area contributed by atoms with Crippen LogP contribution >= 0.6 is 27.5 Å². The van der Waals surface area contributed by atoms with Crippen LogP contribution in [-0.2, 0) is 16.0 Å². The number of benzene rings is 3. The van der Waals surface area contributed by atoms with E-state index >= 15 is 0 Å². The molecular formula is C28H22BrClN2O4. The molecule has 5 rings (SSSR count). The lowest BCUT2D eigenvalue weighted by Gasteiger charge is -2.25. The van der Waals surface area contributed by atoms with Gasteiger partial charge in [-0.1, -0.05) is 39.7 Å². The highest BCUT2D eigenvalue weighted by atomic mass is 79.9. The molecule has 4 aromatic rings. The highest BCUT2D eigenvalue weighted by Crippen LogP contribution is 2.40. The van der Waals surface area contributed by atoms with Crippen LogP contribution in [0.1, 0.15) is 22.7 Å². The average Bonchev–Trinajstić information content (AvgIpc) is 3.40. The van der Waals surface area contributed by atoms with E-state index in [4.69, 9.17) is 16.3 Å². The molecule has 0 unspecified atom stereocenters. The molecule has 1 atom stereocenters. The van der Waals surface area contributed by atoms with Crippen molar-refractivity contribution in [1.29, 1.82) is 0 Å². The molecule has 36 heavy (non-hydrogen) atoms. The Morgan fingerprint density at radius 3 is 2.61 bits per heavy atom. The van der Waals surface area contributed by atoms with E-state index in [2.05, 4.69) is 20.9 Å². The number of Topliss-reactive ketones (excluding diaryl/α,β-unsaturated/α-hetero) is 1. The summed E-state index contributed by atoms with van der Waals surface area (Å²) >= 11 is 9.48. The molecule has 1 aliphatic heterocycles. The SMILES string of the molecule is COc1ccc2[nH]cc(CCN3C(=O)C(=O)C(=C(O)c4ccc(Cl)cc4)[C@H]3c3cccc(Br)c3)c2c1. The van der Waals surface area contributed by atoms with Gasteiger partial charge in [0.1, 0.15) is 11.5 Å². The molecule has 1 aliphatic rings. The zero-order valence-electron chi connectivity index (χ0n) is 19.3. The Morgan fingerprint density at radius 2 is 1.89 bits per heavy atom. The number of methoxy groups -OCH3 is 1. The molecule has 1 saturated heterocycles. The van der Waals surface area contributed by atoms with Crippen molar-refractivity contribution < 1.29 is 19.4 Å². The molecule has 182 valence electrons. The molecule has 0 aliphatic carbocycles. The third-order valence-electron chi connectivity index (χ3n) is 6.42. The summed E-state index contributed by atoms with van der Waals surface area (Å²) in [6, 6.07) is 19.0. The van der Waals surface area contributed by atoms with Crippen LogP contribution < -0.4 is 4.74 Å². The van der Waals surface area contributed by atoms with Gasteiger partial charge in [-0.2, -0.15) is 0 Å². The molecule has 1 aromatic heterocycles. The van der Waals surface area contributed by atoms with Crippen LogP contribution in [0.25, 0.3) is 16.7 Å². The number of ketones is 1. The van der Waals surface area contributed by atoms with Crippen LogP contribution in [0.5, 0.6) is 5.75 Å². The maximum absolute atomic E-state index is 13.3. The summed E-state index contributed by atoms with van der Waals surface area (Å²) in [4.78, 5) is 31.3. The van der Waals surface area contributed by atoms with Crippen LogP contribution in [0.4, 0.5) is 0 Å². The number of ether oxygens (including phenoxy) is 1. The molecular weight excluding hydrogens is 544 g/mol. The van der Waals surface area contributed by atoms with Crippen LogP contribution in [0.15, 0.2) is 83.0 Å². The molecule has 0 bridgehead atoms. The fourth-order valence-corrected chi connectivity index (χ4v) is 5.17. The molecule has 0 spiro atoms. The summed E-state index contributed by atoms with van der Waals surface area (Å²) in [7, 11) is 1.62. The van der Waals surface area contributed by atoms with Crippen molar-refractivity contribution in [3.05, 3.63) is 105 Å². The summed E-state index contributed by atoms with van der Waals surface area (Å²) in [6.07, 6.45) is 2.41. The maximum Gasteiger partial charge on any atom is 0.295 e. The van der Waals surface area contributed by atoms with E-state index in [0.717, 1.165) is 32.3 Å². The highest BCUT2D eigenvalue weighted by molar-refractivity contribution is 9.10. The van der Waals surface area contributed by atoms with Crippen molar-refractivity contribution in [2.45, 2.75) is 12.5 Å². The largest absolute Gasteiger partial charge is 0.507 e. The average molecular weight is 566 g/mol. The number of halogens is 2. The van der Waals surface area contributed by atoms with Gasteiger partial charge in [0.05, 0.1) is 18.7 Å². The van der Waals surface area contributed by atoms with E-state index in [9.17, 15) is 14.7 Å². The number of fused-ring (bicyclic) bond motifs is 1. The number of likely N-dealkylation sites (tertiary alicyclic amines) is 1. The van der Waals surface area contributed by atoms with Crippen molar-refractivity contribution in [3.8, 4) is 5.75 Å². The molecule has 3 aromatic carbocycles. The lowest BCUT2D eigenvalue weighted by atomic mass is 9.95. The first-order chi connectivity index (χ1) is 17.4. The number of amides is 1. The topological polar surface area (TPSA) is 82.6 Å². The first kappa shape index (κ1) is 24.2. The van der Waals surface area contributed by atoms with E-state index in [1.807, 2.05) is 48.7 Å². The van der Waals surface area contributed by atoms with Gasteiger partial charge in [0.15, 0.2) is 0 Å². The zero-order chi connectivity index (χ0) is 25.4. The summed E-state index contributed by atoms with van der Waals surface area (Å²) in [5.74, 6) is -0.851. The number of rotatable bonds is 6. The van der Waals surface area contributed by atoms with Gasteiger partial charge in [0.2, 0.25) is 0 Å². The Kier molecular flexibility index (Phi) is 6.60. The predicted molar refractivity (Wildman–Crippen MR) is 143 cm³/mol. The number of nitrogens with zero attached hydrogens (tertiary/aromatic N) is 1. The number of aliphatic hydroxyl groups is 1. The minimum Gasteiger partial charge on any atom is -0.507 e. The Morgan fingerprint density at radius 1 is 1.11 bits per heavy atom. The maximum atomic E-state index is 13.3. The van der Waals surface area contributed by atoms with Crippen LogP contribution in [0.3, 0.4) is 0 Å². The zero-order valence-corrected chi connectivity index (χ0v) is 21.6. The Labute approximate surface area is 221 Å². The van der Waals surface area contributed by atoms with Gasteiger partial charge in [-0.25, -0.2) is 0 Å². The molecule has 1 amide bonds. The van der Waals surface area contributed by atoms with E-state index in [0.29, 0.717) is 17.0 Å². The van der Waals surface area contributed by atoms with Gasteiger partial charge >= 0.3 is 0 Å². The predicted octanol–water partition coefficient (Wildman–Crippen LogP) is 6.26. The molecule has 0 saturated carbocycles. The number of aromatic nitrogens is 1. The summed E-state index contributed by atoms with van der Waals surface area (Å²) in [6.45, 7) is 0.281. The number of hydrogen-bond donors (Lipinski definition) is 2. The van der Waals surface area contributed by atoms with Gasteiger partial charge in [-0.15, -0.1) is 0 Å². The summed E-state index contributed by atoms with van der Waals surface area (Å²) in [5, 5.41) is 12.7. The van der Waals surface area contributed by atoms with Gasteiger partial charge < -0.3 is 19.7 Å². The first-order valence-electron chi connectivity index (χ1n) is 11.3. The fourth-order valence-electron chi connectivity index (χ4n) is 4.63. The summed E-state index contributed by atoms with van der Waals surface area (Å²) < 4.78 is 6.17. The van der Waals surface area contributed by atoms with Gasteiger partial charge in [0, 0.05) is 38.7 Å². The molecule has 8 heteroatoms. The number of H-pyrrole nitrogens is 1. The van der Waals surface area contributed by atoms with Gasteiger partial charge in [0.25, 0.3) is 11.7 Å². The van der Waals surface area contributed by atoms with E-state index in [1.165, 1.54) is 4.90 Å². The number of carbonyl (C=O) groups excluding carboxylic acids is 2. The third-order valence-corrected chi connectivity index (χ3v) is 7.16. The Balaban J connectivity index is 1.56. The minimum absolute atomic E-state index is 0.0565. The normalized spacial score (nSPS) is 17.2. The number of aromatic amines is 1. The van der Waals surface area contributed by atoms with Gasteiger partial charge in [-0.3, -0.25) is 9.59 Å². The second-order valence-electron chi connectivity index (χ2n) is 8.53. The number of carbonyl (C=O) groups is 2. The number of hydrogen-bond acceptors (Lipinski definition) is 4. The van der Waals surface area contributed by atoms with Crippen molar-refractivity contribution >= 4 is 55.9 Å². The molecule has 1 fully saturated rings. The van der Waals surface area contributed by atoms with Gasteiger partial charge in [-0.05, 0) is 72.1 Å². The molecule has 2 N–H and O–H groups in total. The monoisotopic (exact) mass is 564 g/mol. The van der Waals surface area contributed by atoms with Crippen molar-refractivity contribution in [2.24, 2.45) is 0 Å². The highest BCUT2D eigenvalue weighted by Gasteiger charge is 2.45. The fraction of sp³-hybridized carbons (Fsp3) is 0.143. The van der Waals surface area contributed by atoms with Crippen LogP contribution in [-0.4, -0.2) is 40.3 Å². The quantitative estimate of drug-likeness (QED) is 0.164. The minimum atomic E-state index is -0.738. The smallest absolute Gasteiger partial charge is 0.295 e. The Hall–Kier alpha value is -3.55. The summed E-state index contributed by atoms with van der Waals surface area (Å²) in [5.41, 5.74) is 3.15. The standard InChI is InChI=1S/C28H22BrClN2O4/c1-36-21-9-10-23-22(14-21)18(15-31-23)11-12-32-25(17-3-2-4-19(29)13-17)24(27(34)28(32)35)26(33)16-5-7-20(30)8-6-16/h2-10,13-15,25,31,33H,11-12H2,1H3/t25-/m1/s1. The van der Waals surface area contributed by atoms with Crippen molar-refractivity contribution in [3.63, 3.8) is 0 Å². The van der Waals surface area contributed by atoms with E-state index in [1.54, 1.807) is 31.4 Å².